The average Bonchev–Trinajstić information content (AvgIpc) is 1.99. The molecule has 0 nitrogen and oxygen atoms in total. The van der Waals surface area contributed by atoms with Crippen LogP contribution in [0, 0.1) is 5.41 Å². The van der Waals surface area contributed by atoms with Crippen molar-refractivity contribution in [2.75, 3.05) is 0 Å². The molecule has 4 heterocycles. The van der Waals surface area contributed by atoms with Gasteiger partial charge in [-0.25, -0.2) is 0 Å². The Hall–Kier alpha value is 1.40. The minimum absolute atomic E-state index is 0.554. The first-order valence-electron chi connectivity index (χ1n) is 4.28. The van der Waals surface area contributed by atoms with E-state index in [-0.39, 0.29) is 0 Å². The summed E-state index contributed by atoms with van der Waals surface area (Å²) in [6, 6.07) is 0. The summed E-state index contributed by atoms with van der Waals surface area (Å²) < 4.78 is 3.63. The first-order chi connectivity index (χ1) is 5.66. The Bertz CT molecular complexity index is 183. The molecular formula is C8H12S4. The van der Waals surface area contributed by atoms with Crippen molar-refractivity contribution < 1.29 is 0 Å². The van der Waals surface area contributed by atoms with Crippen molar-refractivity contribution in [3.63, 3.8) is 0 Å². The van der Waals surface area contributed by atoms with E-state index in [9.17, 15) is 0 Å². The molecule has 0 saturated carbocycles. The zero-order valence-corrected chi connectivity index (χ0v) is 10.4. The van der Waals surface area contributed by atoms with E-state index >= 15 is 0 Å². The minimum Gasteiger partial charge on any atom is -0.132 e. The highest BCUT2D eigenvalue weighted by atomic mass is 32.3. The molecule has 0 aromatic heterocycles. The predicted octanol–water partition coefficient (Wildman–Crippen LogP) is 3.68. The van der Waals surface area contributed by atoms with Crippen LogP contribution in [-0.2, 0) is 0 Å². The van der Waals surface area contributed by atoms with Gasteiger partial charge in [0.15, 0.2) is 0 Å². The van der Waals surface area contributed by atoms with Crippen molar-refractivity contribution in [2.24, 2.45) is 5.41 Å². The van der Waals surface area contributed by atoms with Gasteiger partial charge in [0.2, 0.25) is 0 Å². The molecule has 0 atom stereocenters. The Labute approximate surface area is 90.8 Å². The lowest BCUT2D eigenvalue weighted by molar-refractivity contribution is 0.437. The summed E-state index contributed by atoms with van der Waals surface area (Å²) >= 11 is 8.91. The Kier molecular flexibility index (Phi) is 1.96. The molecular weight excluding hydrogens is 224 g/mol. The third kappa shape index (κ3) is 1.11. The molecule has 0 aromatic rings. The first kappa shape index (κ1) is 8.69. The maximum Gasteiger partial charge on any atom is 0.0594 e. The van der Waals surface area contributed by atoms with Gasteiger partial charge in [-0.15, -0.1) is 47.0 Å². The molecule has 0 aromatic carbocycles. The molecule has 4 heteroatoms. The summed E-state index contributed by atoms with van der Waals surface area (Å²) in [7, 11) is 0. The fourth-order valence-corrected chi connectivity index (χ4v) is 11.8. The lowest BCUT2D eigenvalue weighted by Crippen LogP contribution is -2.48. The third-order valence-corrected chi connectivity index (χ3v) is 10.8. The van der Waals surface area contributed by atoms with Crippen molar-refractivity contribution >= 4 is 47.0 Å². The molecule has 4 bridgehead atoms. The van der Waals surface area contributed by atoms with Crippen molar-refractivity contribution in [1.29, 1.82) is 0 Å². The van der Waals surface area contributed by atoms with E-state index in [1.54, 1.807) is 0 Å². The van der Waals surface area contributed by atoms with Crippen LogP contribution >= 0.6 is 47.0 Å². The van der Waals surface area contributed by atoms with Gasteiger partial charge in [0, 0.05) is 5.41 Å². The summed E-state index contributed by atoms with van der Waals surface area (Å²) in [6.45, 7) is 4.89. The normalized spacial score (nSPS) is 54.5. The minimum atomic E-state index is 0.554. The van der Waals surface area contributed by atoms with Crippen molar-refractivity contribution in [1.82, 2.24) is 0 Å². The van der Waals surface area contributed by atoms with E-state index in [4.69, 9.17) is 0 Å². The maximum absolute atomic E-state index is 2.44. The second kappa shape index (κ2) is 2.71. The molecule has 4 aliphatic heterocycles. The van der Waals surface area contributed by atoms with E-state index in [2.05, 4.69) is 60.9 Å². The van der Waals surface area contributed by atoms with Gasteiger partial charge in [0.05, 0.1) is 18.3 Å². The van der Waals surface area contributed by atoms with Crippen LogP contribution in [0.4, 0.5) is 0 Å². The average molecular weight is 236 g/mol. The largest absolute Gasteiger partial charge is 0.132 e. The summed E-state index contributed by atoms with van der Waals surface area (Å²) in [5, 5.41) is 0. The van der Waals surface area contributed by atoms with Gasteiger partial charge < -0.3 is 0 Å². The number of thioether (sulfide) groups is 4. The van der Waals surface area contributed by atoms with Gasteiger partial charge in [-0.2, -0.15) is 0 Å². The molecule has 0 spiro atoms. The van der Waals surface area contributed by atoms with Crippen LogP contribution in [-0.4, -0.2) is 18.3 Å². The monoisotopic (exact) mass is 236 g/mol. The van der Waals surface area contributed by atoms with Crippen LogP contribution in [0.15, 0.2) is 0 Å². The number of hydrogen-bond donors (Lipinski definition) is 0. The van der Waals surface area contributed by atoms with Crippen molar-refractivity contribution in [3.8, 4) is 0 Å². The zero-order chi connectivity index (χ0) is 8.34. The highest BCUT2D eigenvalue weighted by Gasteiger charge is 2.54. The van der Waals surface area contributed by atoms with Crippen LogP contribution in [0.3, 0.4) is 0 Å². The quantitative estimate of drug-likeness (QED) is 0.629. The fraction of sp³-hybridized carbons (Fsp3) is 1.00. The van der Waals surface area contributed by atoms with E-state index in [0.29, 0.717) is 5.41 Å². The molecule has 12 heavy (non-hydrogen) atoms. The molecule has 0 unspecified atom stereocenters. The fourth-order valence-electron chi connectivity index (χ4n) is 1.87. The molecule has 0 radical (unpaired) electrons. The Balaban J connectivity index is 1.96. The maximum atomic E-state index is 2.44. The Morgan fingerprint density at radius 1 is 0.917 bits per heavy atom. The van der Waals surface area contributed by atoms with Crippen LogP contribution in [0.1, 0.15) is 20.3 Å². The van der Waals surface area contributed by atoms with Crippen LogP contribution in [0.25, 0.3) is 0 Å². The van der Waals surface area contributed by atoms with Gasteiger partial charge in [-0.3, -0.25) is 0 Å². The van der Waals surface area contributed by atoms with E-state index < -0.39 is 0 Å². The number of hydrogen-bond acceptors (Lipinski definition) is 4. The van der Waals surface area contributed by atoms with Gasteiger partial charge >= 0.3 is 0 Å². The van der Waals surface area contributed by atoms with Crippen molar-refractivity contribution in [2.45, 2.75) is 38.6 Å². The smallest absolute Gasteiger partial charge is 0.0594 e. The summed E-state index contributed by atoms with van der Waals surface area (Å²) in [5.41, 5.74) is 0.554. The third-order valence-electron chi connectivity index (χ3n) is 2.70. The topological polar surface area (TPSA) is 0 Å². The summed E-state index contributed by atoms with van der Waals surface area (Å²) in [5.74, 6) is 0. The van der Waals surface area contributed by atoms with Gasteiger partial charge in [0.25, 0.3) is 0 Å². The van der Waals surface area contributed by atoms with E-state index in [0.717, 1.165) is 18.3 Å². The molecule has 4 aliphatic rings. The van der Waals surface area contributed by atoms with E-state index in [1.165, 1.54) is 6.42 Å². The zero-order valence-electron chi connectivity index (χ0n) is 7.15. The van der Waals surface area contributed by atoms with Crippen LogP contribution in [0.2, 0.25) is 0 Å². The van der Waals surface area contributed by atoms with Gasteiger partial charge in [-0.05, 0) is 6.42 Å². The van der Waals surface area contributed by atoms with Crippen LogP contribution < -0.4 is 0 Å². The molecule has 4 rings (SSSR count). The highest BCUT2D eigenvalue weighted by molar-refractivity contribution is 8.36. The number of rotatable bonds is 0. The molecule has 0 N–H and O–H groups in total. The second-order valence-corrected chi connectivity index (χ2v) is 10.6. The molecule has 0 amide bonds. The highest BCUT2D eigenvalue weighted by Crippen LogP contribution is 2.69. The second-order valence-electron chi connectivity index (χ2n) is 4.12. The lowest BCUT2D eigenvalue weighted by Gasteiger charge is -2.56. The molecule has 4 fully saturated rings. The molecule has 4 saturated heterocycles. The molecule has 68 valence electrons. The van der Waals surface area contributed by atoms with Crippen molar-refractivity contribution in [3.05, 3.63) is 0 Å². The molecule has 0 aliphatic carbocycles. The van der Waals surface area contributed by atoms with Gasteiger partial charge in [-0.1, -0.05) is 13.8 Å². The Morgan fingerprint density at radius 2 is 1.33 bits per heavy atom. The van der Waals surface area contributed by atoms with E-state index in [1.807, 2.05) is 0 Å². The SMILES string of the molecule is CC1(C)C2SC3CC(S2)SC1S3. The predicted molar refractivity (Wildman–Crippen MR) is 63.9 cm³/mol. The Morgan fingerprint density at radius 3 is 1.75 bits per heavy atom. The lowest BCUT2D eigenvalue weighted by atomic mass is 9.99. The van der Waals surface area contributed by atoms with Gasteiger partial charge in [0.1, 0.15) is 0 Å². The first-order valence-corrected chi connectivity index (χ1v) is 8.05. The summed E-state index contributed by atoms with van der Waals surface area (Å²) in [6.07, 6.45) is 1.44. The summed E-state index contributed by atoms with van der Waals surface area (Å²) in [4.78, 5) is 0. The standard InChI is InChI=1S/C8H12S4/c1-8(2)6-9-4-3-5(11-6)12-7(8)10-4/h4-7H,3H2,1-2H3. The van der Waals surface area contributed by atoms with Crippen LogP contribution in [0.5, 0.6) is 0 Å².